The highest BCUT2D eigenvalue weighted by molar-refractivity contribution is 8.13. The van der Waals surface area contributed by atoms with Crippen LogP contribution in [0.2, 0.25) is 0 Å². The zero-order valence-corrected chi connectivity index (χ0v) is 16.4. The predicted molar refractivity (Wildman–Crippen MR) is 86.5 cm³/mol. The van der Waals surface area contributed by atoms with Gasteiger partial charge in [-0.05, 0) is 12.8 Å². The number of rotatable bonds is 6. The van der Waals surface area contributed by atoms with Crippen molar-refractivity contribution >= 4 is 20.0 Å². The van der Waals surface area contributed by atoms with Crippen molar-refractivity contribution in [2.24, 2.45) is 0 Å². The fourth-order valence-electron chi connectivity index (χ4n) is 2.12. The van der Waals surface area contributed by atoms with Crippen LogP contribution in [0.5, 0.6) is 0 Å². The summed E-state index contributed by atoms with van der Waals surface area (Å²) in [5, 5.41) is 3.41. The minimum Gasteiger partial charge on any atom is -0.421 e. The highest BCUT2D eigenvalue weighted by atomic mass is 32.3. The highest BCUT2D eigenvalue weighted by Crippen LogP contribution is 2.36. The lowest BCUT2D eigenvalue weighted by molar-refractivity contribution is -0.911. The van der Waals surface area contributed by atoms with Crippen molar-refractivity contribution in [3.8, 4) is 0 Å². The fourth-order valence-corrected chi connectivity index (χ4v) is 3.83. The molecule has 1 aliphatic rings. The zero-order chi connectivity index (χ0) is 21.6. The van der Waals surface area contributed by atoms with Gasteiger partial charge in [0.2, 0.25) is 0 Å². The van der Waals surface area contributed by atoms with Gasteiger partial charge in [-0.1, -0.05) is 13.3 Å². The Balaban J connectivity index is 0.000000511. The molecular formula is C12H23F6N3O4S2. The van der Waals surface area contributed by atoms with Gasteiger partial charge in [-0.2, -0.15) is 26.3 Å². The van der Waals surface area contributed by atoms with E-state index in [-0.39, 0.29) is 0 Å². The van der Waals surface area contributed by atoms with Gasteiger partial charge in [0.1, 0.15) is 0 Å². The molecule has 0 spiro atoms. The van der Waals surface area contributed by atoms with Crippen LogP contribution in [0.3, 0.4) is 0 Å². The third-order valence-electron chi connectivity index (χ3n) is 3.74. The Morgan fingerprint density at radius 2 is 1.30 bits per heavy atom. The van der Waals surface area contributed by atoms with Crippen molar-refractivity contribution in [3.05, 3.63) is 4.13 Å². The molecule has 1 fully saturated rings. The summed E-state index contributed by atoms with van der Waals surface area (Å²) in [4.78, 5) is 0. The molecule has 1 saturated heterocycles. The van der Waals surface area contributed by atoms with Crippen molar-refractivity contribution in [2.75, 3.05) is 39.8 Å². The number of alkyl halides is 6. The Labute approximate surface area is 154 Å². The van der Waals surface area contributed by atoms with Crippen LogP contribution in [-0.4, -0.2) is 72.1 Å². The maximum atomic E-state index is 11.4. The van der Waals surface area contributed by atoms with Gasteiger partial charge >= 0.3 is 11.0 Å². The normalized spacial score (nSPS) is 18.5. The molecule has 15 heteroatoms. The number of unbranched alkanes of at least 4 members (excludes halogenated alkanes) is 2. The first-order valence-electron chi connectivity index (χ1n) is 7.88. The summed E-state index contributed by atoms with van der Waals surface area (Å²) in [5.41, 5.74) is -12.4. The number of piperazine rings is 1. The number of hydrogen-bond donors (Lipinski definition) is 1. The van der Waals surface area contributed by atoms with E-state index in [0.717, 1.165) is 4.13 Å². The van der Waals surface area contributed by atoms with Gasteiger partial charge in [0, 0.05) is 13.1 Å². The summed E-state index contributed by atoms with van der Waals surface area (Å²) in [6, 6.07) is 0. The van der Waals surface area contributed by atoms with Crippen LogP contribution >= 0.6 is 0 Å². The molecule has 0 aliphatic carbocycles. The quantitative estimate of drug-likeness (QED) is 0.380. The highest BCUT2D eigenvalue weighted by Gasteiger charge is 2.46. The van der Waals surface area contributed by atoms with E-state index in [1.807, 2.05) is 0 Å². The molecule has 0 aromatic rings. The molecule has 0 radical (unpaired) electrons. The molecule has 1 rings (SSSR count). The Morgan fingerprint density at radius 3 is 1.63 bits per heavy atom. The predicted octanol–water partition coefficient (Wildman–Crippen LogP) is 2.29. The molecule has 1 N–H and O–H groups in total. The van der Waals surface area contributed by atoms with Crippen LogP contribution in [0.25, 0.3) is 4.13 Å². The van der Waals surface area contributed by atoms with Crippen molar-refractivity contribution < 1.29 is 47.7 Å². The van der Waals surface area contributed by atoms with E-state index >= 15 is 0 Å². The number of likely N-dealkylation sites (N-methyl/N-ethyl adjacent to an activating group) is 1. The minimum atomic E-state index is -6.72. The summed E-state index contributed by atoms with van der Waals surface area (Å²) in [5.74, 6) is 0. The molecular weight excluding hydrogens is 428 g/mol. The van der Waals surface area contributed by atoms with Gasteiger partial charge < -0.3 is 13.9 Å². The van der Waals surface area contributed by atoms with E-state index in [1.165, 1.54) is 56.5 Å². The molecule has 1 heterocycles. The second-order valence-corrected chi connectivity index (χ2v) is 9.59. The van der Waals surface area contributed by atoms with E-state index < -0.39 is 31.1 Å². The number of quaternary nitrogens is 1. The number of hydrogen-bond acceptors (Lipinski definition) is 5. The second kappa shape index (κ2) is 9.71. The Bertz CT molecular complexity index is 614. The van der Waals surface area contributed by atoms with Crippen LogP contribution < -0.4 is 5.32 Å². The van der Waals surface area contributed by atoms with E-state index in [1.54, 1.807) is 0 Å². The van der Waals surface area contributed by atoms with Gasteiger partial charge in [-0.3, -0.25) is 0 Å². The van der Waals surface area contributed by atoms with E-state index in [0.29, 0.717) is 0 Å². The first-order chi connectivity index (χ1) is 12.0. The molecule has 0 aromatic carbocycles. The van der Waals surface area contributed by atoms with Gasteiger partial charge in [-0.25, -0.2) is 16.8 Å². The second-order valence-electron chi connectivity index (χ2n) is 6.16. The van der Waals surface area contributed by atoms with Crippen molar-refractivity contribution in [3.63, 3.8) is 0 Å². The van der Waals surface area contributed by atoms with Crippen LogP contribution in [0.1, 0.15) is 26.2 Å². The maximum absolute atomic E-state index is 11.4. The van der Waals surface area contributed by atoms with E-state index in [2.05, 4.69) is 19.3 Å². The molecule has 1 aliphatic heterocycles. The van der Waals surface area contributed by atoms with Crippen molar-refractivity contribution in [2.45, 2.75) is 37.2 Å². The van der Waals surface area contributed by atoms with E-state index in [4.69, 9.17) is 0 Å². The average molecular weight is 451 g/mol. The van der Waals surface area contributed by atoms with Gasteiger partial charge in [-0.15, -0.1) is 0 Å². The largest absolute Gasteiger partial charge is 0.480 e. The Morgan fingerprint density at radius 1 is 0.889 bits per heavy atom. The van der Waals surface area contributed by atoms with Gasteiger partial charge in [0.15, 0.2) is 20.0 Å². The topological polar surface area (TPSA) is 94.4 Å². The standard InChI is InChI=1S/C10H23N2.C2F6NO4S2/c1-3-4-5-8-12(2)9-6-11-7-10-12;3-1(4,5)14(10,11)9-15(12,13)2(6,7)8/h11H,3-10H2,1-2H3;/q+1;-1. The molecule has 0 bridgehead atoms. The van der Waals surface area contributed by atoms with Crippen LogP contribution in [0, 0.1) is 0 Å². The summed E-state index contributed by atoms with van der Waals surface area (Å²) < 4.78 is 110. The van der Waals surface area contributed by atoms with Gasteiger partial charge in [0.05, 0.1) is 26.7 Å². The molecule has 0 unspecified atom stereocenters. The molecule has 0 amide bonds. The summed E-state index contributed by atoms with van der Waals surface area (Å²) in [6.45, 7) is 8.73. The fraction of sp³-hybridized carbons (Fsp3) is 1.00. The first-order valence-corrected chi connectivity index (χ1v) is 10.8. The van der Waals surface area contributed by atoms with Crippen LogP contribution in [0.4, 0.5) is 26.3 Å². The number of halogens is 6. The third kappa shape index (κ3) is 8.93. The first kappa shape index (κ1) is 26.4. The maximum Gasteiger partial charge on any atom is 0.480 e. The SMILES string of the molecule is CCCCC[N+]1(C)CCNCC1.O=S(=O)([N-]S(=O)(=O)C(F)(F)F)C(F)(F)F. The summed E-state index contributed by atoms with van der Waals surface area (Å²) in [6.07, 6.45) is 4.16. The lowest BCUT2D eigenvalue weighted by Gasteiger charge is -2.38. The Kier molecular flexibility index (Phi) is 9.48. The third-order valence-corrected chi connectivity index (χ3v) is 6.48. The minimum absolute atomic E-state index is 0.778. The monoisotopic (exact) mass is 451 g/mol. The summed E-state index contributed by atoms with van der Waals surface area (Å²) in [7, 11) is -11.0. The molecule has 0 saturated carbocycles. The Hall–Kier alpha value is -0.640. The van der Waals surface area contributed by atoms with Crippen LogP contribution in [-0.2, 0) is 20.0 Å². The van der Waals surface area contributed by atoms with Crippen molar-refractivity contribution in [1.82, 2.24) is 5.32 Å². The zero-order valence-electron chi connectivity index (χ0n) is 14.8. The summed E-state index contributed by atoms with van der Waals surface area (Å²) >= 11 is 0. The van der Waals surface area contributed by atoms with Crippen LogP contribution in [0.15, 0.2) is 0 Å². The molecule has 0 aromatic heterocycles. The average Bonchev–Trinajstić information content (AvgIpc) is 2.45. The molecule has 7 nitrogen and oxygen atoms in total. The lowest BCUT2D eigenvalue weighted by atomic mass is 10.2. The molecule has 0 atom stereocenters. The molecule has 164 valence electrons. The number of nitrogens with one attached hydrogen (secondary N) is 1. The molecule has 27 heavy (non-hydrogen) atoms. The van der Waals surface area contributed by atoms with Gasteiger partial charge in [0.25, 0.3) is 0 Å². The smallest absolute Gasteiger partial charge is 0.421 e. The van der Waals surface area contributed by atoms with Crippen molar-refractivity contribution in [1.29, 1.82) is 0 Å². The number of sulfonamides is 2. The number of nitrogens with zero attached hydrogens (tertiary/aromatic N) is 2. The lowest BCUT2D eigenvalue weighted by Crippen LogP contribution is -2.56. The van der Waals surface area contributed by atoms with E-state index in [9.17, 15) is 43.2 Å².